The van der Waals surface area contributed by atoms with Crippen LogP contribution in [0.15, 0.2) is 28.4 Å². The maximum absolute atomic E-state index is 12.9. The minimum atomic E-state index is -0.576. The quantitative estimate of drug-likeness (QED) is 0.106. The number of azo groups is 1. The fourth-order valence-electron chi connectivity index (χ4n) is 5.39. The summed E-state index contributed by atoms with van der Waals surface area (Å²) in [5.41, 5.74) is 2.69. The third-order valence-corrected chi connectivity index (χ3v) is 9.46. The van der Waals surface area contributed by atoms with Crippen LogP contribution >= 0.6 is 11.3 Å². The zero-order valence-electron chi connectivity index (χ0n) is 29.4. The zero-order valence-corrected chi connectivity index (χ0v) is 30.2. The van der Waals surface area contributed by atoms with E-state index in [1.807, 2.05) is 25.1 Å². The third-order valence-electron chi connectivity index (χ3n) is 8.30. The zero-order chi connectivity index (χ0) is 34.1. The van der Waals surface area contributed by atoms with Crippen molar-refractivity contribution in [3.63, 3.8) is 0 Å². The first-order chi connectivity index (χ1) is 22.2. The topological polar surface area (TPSA) is 110 Å². The summed E-state index contributed by atoms with van der Waals surface area (Å²) >= 11 is 1.04. The van der Waals surface area contributed by atoms with Crippen molar-refractivity contribution < 1.29 is 23.9 Å². The highest BCUT2D eigenvalue weighted by atomic mass is 32.1. The van der Waals surface area contributed by atoms with Gasteiger partial charge in [0.2, 0.25) is 5.91 Å². The first kappa shape index (κ1) is 38.9. The molecule has 2 rings (SSSR count). The lowest BCUT2D eigenvalue weighted by Gasteiger charge is -2.33. The average molecular weight is 657 g/mol. The van der Waals surface area contributed by atoms with Crippen molar-refractivity contribution in [3.05, 3.63) is 34.2 Å². The van der Waals surface area contributed by atoms with E-state index in [0.717, 1.165) is 43.0 Å². The predicted molar refractivity (Wildman–Crippen MR) is 189 cm³/mol. The Balaban J connectivity index is 2.60. The summed E-state index contributed by atoms with van der Waals surface area (Å²) in [7, 11) is 0. The number of unbranched alkanes of at least 4 members (excludes halogenated alkanes) is 2. The van der Waals surface area contributed by atoms with Gasteiger partial charge in [0.15, 0.2) is 5.00 Å². The van der Waals surface area contributed by atoms with Crippen molar-refractivity contribution in [1.29, 1.82) is 0 Å². The molecule has 0 saturated carbocycles. The minimum Gasteiger partial charge on any atom is -0.462 e. The molecule has 9 nitrogen and oxygen atoms in total. The van der Waals surface area contributed by atoms with Crippen LogP contribution in [0.2, 0.25) is 0 Å². The highest BCUT2D eigenvalue weighted by Gasteiger charge is 2.27. The van der Waals surface area contributed by atoms with E-state index in [9.17, 15) is 14.4 Å². The Kier molecular flexibility index (Phi) is 17.6. The summed E-state index contributed by atoms with van der Waals surface area (Å²) in [4.78, 5) is 40.9. The summed E-state index contributed by atoms with van der Waals surface area (Å²) in [5, 5.41) is 12.2. The molecule has 0 aliphatic heterocycles. The Labute approximate surface area is 280 Å². The average Bonchev–Trinajstić information content (AvgIpc) is 3.39. The molecule has 2 unspecified atom stereocenters. The van der Waals surface area contributed by atoms with Gasteiger partial charge in [-0.3, -0.25) is 4.79 Å². The molecule has 256 valence electrons. The van der Waals surface area contributed by atoms with E-state index < -0.39 is 11.9 Å². The molecule has 0 fully saturated rings. The maximum atomic E-state index is 12.9. The second-order valence-corrected chi connectivity index (χ2v) is 12.7. The summed E-state index contributed by atoms with van der Waals surface area (Å²) in [6, 6.07) is 5.91. The summed E-state index contributed by atoms with van der Waals surface area (Å²) in [6.45, 7) is 18.3. The van der Waals surface area contributed by atoms with E-state index in [0.29, 0.717) is 35.2 Å². The number of nitrogens with one attached hydrogen (secondary N) is 1. The van der Waals surface area contributed by atoms with Gasteiger partial charge in [0.05, 0.1) is 18.9 Å². The van der Waals surface area contributed by atoms with Crippen LogP contribution in [0, 0.1) is 18.8 Å². The van der Waals surface area contributed by atoms with Crippen molar-refractivity contribution in [2.75, 3.05) is 36.5 Å². The Bertz CT molecular complexity index is 1270. The van der Waals surface area contributed by atoms with E-state index in [1.54, 1.807) is 20.8 Å². The highest BCUT2D eigenvalue weighted by molar-refractivity contribution is 7.18. The predicted octanol–water partition coefficient (Wildman–Crippen LogP) is 10.4. The molecule has 0 spiro atoms. The smallest absolute Gasteiger partial charge is 0.348 e. The number of rotatable bonds is 21. The molecule has 0 bridgehead atoms. The molecular formula is C36H56N4O5S. The number of hydrogen-bond acceptors (Lipinski definition) is 9. The molecule has 0 aliphatic carbocycles. The molecule has 46 heavy (non-hydrogen) atoms. The number of nitrogens with zero attached hydrogens (tertiary/aromatic N) is 3. The number of carbonyl (C=O) groups is 3. The van der Waals surface area contributed by atoms with Crippen LogP contribution in [-0.2, 0) is 14.3 Å². The molecule has 0 radical (unpaired) electrons. The van der Waals surface area contributed by atoms with Gasteiger partial charge < -0.3 is 19.7 Å². The molecule has 1 heterocycles. The summed E-state index contributed by atoms with van der Waals surface area (Å²) in [5.74, 6) is -0.0747. The van der Waals surface area contributed by atoms with Crippen molar-refractivity contribution in [2.45, 2.75) is 113 Å². The van der Waals surface area contributed by atoms with Crippen molar-refractivity contribution in [3.8, 4) is 0 Å². The van der Waals surface area contributed by atoms with Gasteiger partial charge >= 0.3 is 11.9 Å². The van der Waals surface area contributed by atoms with E-state index >= 15 is 0 Å². The lowest BCUT2D eigenvalue weighted by molar-refractivity contribution is -0.115. The van der Waals surface area contributed by atoms with E-state index in [4.69, 9.17) is 9.47 Å². The molecule has 1 aromatic carbocycles. The van der Waals surface area contributed by atoms with Crippen LogP contribution < -0.4 is 10.2 Å². The first-order valence-electron chi connectivity index (χ1n) is 17.3. The number of esters is 2. The third kappa shape index (κ3) is 11.5. The summed E-state index contributed by atoms with van der Waals surface area (Å²) in [6.07, 6.45) is 9.72. The van der Waals surface area contributed by atoms with Crippen LogP contribution in [-0.4, -0.2) is 44.1 Å². The maximum Gasteiger partial charge on any atom is 0.348 e. The van der Waals surface area contributed by atoms with Crippen LogP contribution in [0.5, 0.6) is 0 Å². The van der Waals surface area contributed by atoms with E-state index in [2.05, 4.69) is 48.1 Å². The Hall–Kier alpha value is -3.27. The van der Waals surface area contributed by atoms with Gasteiger partial charge in [-0.05, 0) is 69.2 Å². The number of benzene rings is 1. The van der Waals surface area contributed by atoms with Crippen LogP contribution in [0.4, 0.5) is 22.1 Å². The van der Waals surface area contributed by atoms with Crippen LogP contribution in [0.1, 0.15) is 132 Å². The Morgan fingerprint density at radius 1 is 0.848 bits per heavy atom. The Morgan fingerprint density at radius 3 is 1.96 bits per heavy atom. The SMILES string of the molecule is CCCCC(CC)CN(CC(CC)CCCC)c1ccc(N=Nc2sc(C(=O)OCC)c(C)c2C(=O)OCC)c(NC(=O)CC)c1. The molecule has 10 heteroatoms. The molecule has 0 saturated heterocycles. The lowest BCUT2D eigenvalue weighted by Crippen LogP contribution is -2.34. The van der Waals surface area contributed by atoms with Crippen molar-refractivity contribution in [2.24, 2.45) is 22.1 Å². The number of ether oxygens (including phenoxy) is 2. The molecule has 2 atom stereocenters. The van der Waals surface area contributed by atoms with E-state index in [1.165, 1.54) is 38.5 Å². The van der Waals surface area contributed by atoms with Crippen molar-refractivity contribution in [1.82, 2.24) is 0 Å². The van der Waals surface area contributed by atoms with Crippen LogP contribution in [0.3, 0.4) is 0 Å². The monoisotopic (exact) mass is 656 g/mol. The molecular weight excluding hydrogens is 600 g/mol. The molecule has 0 aliphatic rings. The lowest BCUT2D eigenvalue weighted by atomic mass is 9.95. The fraction of sp³-hybridized carbons (Fsp3) is 0.639. The van der Waals surface area contributed by atoms with Gasteiger partial charge in [-0.2, -0.15) is 0 Å². The van der Waals surface area contributed by atoms with E-state index in [-0.39, 0.29) is 34.6 Å². The molecule has 1 N–H and O–H groups in total. The standard InChI is InChI=1S/C36H56N4O5S/c1-9-16-18-26(11-3)23-40(24-27(12-4)19-17-10-2)28-20-21-29(30(22-28)37-31(41)13-5)38-39-34-32(35(42)44-14-6)25(8)33(46-34)36(43)45-15-7/h20-22,26-27H,9-19,23-24H2,1-8H3,(H,37,41). The minimum absolute atomic E-state index is 0.132. The number of amides is 1. The fourth-order valence-corrected chi connectivity index (χ4v) is 6.40. The second-order valence-electron chi connectivity index (χ2n) is 11.7. The first-order valence-corrected chi connectivity index (χ1v) is 18.1. The number of thiophene rings is 1. The largest absolute Gasteiger partial charge is 0.462 e. The number of hydrogen-bond donors (Lipinski definition) is 1. The molecule has 1 amide bonds. The number of anilines is 2. The van der Waals surface area contributed by atoms with Gasteiger partial charge in [-0.25, -0.2) is 9.59 Å². The van der Waals surface area contributed by atoms with Crippen molar-refractivity contribution >= 4 is 51.2 Å². The van der Waals surface area contributed by atoms with Gasteiger partial charge in [-0.15, -0.1) is 21.6 Å². The number of carbonyl (C=O) groups excluding carboxylic acids is 3. The van der Waals surface area contributed by atoms with Gasteiger partial charge in [0.1, 0.15) is 16.1 Å². The normalized spacial score (nSPS) is 12.6. The van der Waals surface area contributed by atoms with Gasteiger partial charge in [0.25, 0.3) is 0 Å². The van der Waals surface area contributed by atoms with Gasteiger partial charge in [-0.1, -0.05) is 73.1 Å². The molecule has 1 aromatic heterocycles. The van der Waals surface area contributed by atoms with Gasteiger partial charge in [0, 0.05) is 25.2 Å². The van der Waals surface area contributed by atoms with Crippen LogP contribution in [0.25, 0.3) is 0 Å². The highest BCUT2D eigenvalue weighted by Crippen LogP contribution is 2.39. The molecule has 2 aromatic rings. The summed E-state index contributed by atoms with van der Waals surface area (Å²) < 4.78 is 10.5. The second kappa shape index (κ2) is 20.8. The Morgan fingerprint density at radius 2 is 1.43 bits per heavy atom.